The number of carbonyl (C=O) groups excluding carboxylic acids is 1. The highest BCUT2D eigenvalue weighted by Crippen LogP contribution is 2.32. The molecule has 2 aromatic carbocycles. The molecule has 0 aromatic heterocycles. The van der Waals surface area contributed by atoms with Crippen molar-refractivity contribution >= 4 is 28.3 Å². The Bertz CT molecular complexity index is 1010. The third-order valence-corrected chi connectivity index (χ3v) is 8.02. The summed E-state index contributed by atoms with van der Waals surface area (Å²) in [7, 11) is -1.18. The minimum Gasteiger partial charge on any atom is -0.394 e. The number of anilines is 2. The number of aliphatic hydroxyl groups is 1. The van der Waals surface area contributed by atoms with Crippen molar-refractivity contribution in [2.24, 2.45) is 0 Å². The number of benzene rings is 2. The van der Waals surface area contributed by atoms with E-state index >= 15 is 0 Å². The molecule has 1 saturated heterocycles. The van der Waals surface area contributed by atoms with Crippen LogP contribution >= 0.6 is 0 Å². The maximum atomic E-state index is 13.4. The zero-order chi connectivity index (χ0) is 24.1. The third kappa shape index (κ3) is 5.76. The van der Waals surface area contributed by atoms with Crippen LogP contribution in [0.15, 0.2) is 36.4 Å². The van der Waals surface area contributed by atoms with E-state index in [4.69, 9.17) is 0 Å². The van der Waals surface area contributed by atoms with E-state index in [0.29, 0.717) is 31.6 Å². The first-order valence-corrected chi connectivity index (χ1v) is 13.0. The molecule has 1 aliphatic heterocycles. The van der Waals surface area contributed by atoms with E-state index in [1.165, 1.54) is 11.1 Å². The Balaban J connectivity index is 1.72. The molecule has 3 rings (SSSR count). The van der Waals surface area contributed by atoms with E-state index < -0.39 is 11.0 Å². The van der Waals surface area contributed by atoms with Crippen LogP contribution in [-0.2, 0) is 11.0 Å². The largest absolute Gasteiger partial charge is 0.394 e. The summed E-state index contributed by atoms with van der Waals surface area (Å²) < 4.78 is 14.5. The van der Waals surface area contributed by atoms with Crippen LogP contribution in [-0.4, -0.2) is 57.7 Å². The smallest absolute Gasteiger partial charge is 0.254 e. The van der Waals surface area contributed by atoms with Crippen molar-refractivity contribution in [3.8, 4) is 0 Å². The van der Waals surface area contributed by atoms with Crippen molar-refractivity contribution < 1.29 is 14.1 Å². The lowest BCUT2D eigenvalue weighted by molar-refractivity contribution is 0.0761. The molecule has 0 aliphatic carbocycles. The first-order valence-electron chi connectivity index (χ1n) is 11.8. The number of amides is 1. The fourth-order valence-corrected chi connectivity index (χ4v) is 6.03. The van der Waals surface area contributed by atoms with E-state index in [9.17, 15) is 14.1 Å². The average Bonchev–Trinajstić information content (AvgIpc) is 3.07. The zero-order valence-electron chi connectivity index (χ0n) is 20.4. The molecule has 2 N–H and O–H groups in total. The number of aryl methyl sites for hydroxylation is 3. The summed E-state index contributed by atoms with van der Waals surface area (Å²) >= 11 is 0. The van der Waals surface area contributed by atoms with E-state index in [1.54, 1.807) is 4.31 Å². The molecule has 180 valence electrons. The maximum absolute atomic E-state index is 13.4. The Morgan fingerprint density at radius 3 is 2.55 bits per heavy atom. The average molecular weight is 472 g/mol. The fourth-order valence-electron chi connectivity index (χ4n) is 4.48. The number of nitrogens with zero attached hydrogens (tertiary/aromatic N) is 2. The van der Waals surface area contributed by atoms with Crippen LogP contribution in [0.1, 0.15) is 53.7 Å². The minimum atomic E-state index is -1.18. The van der Waals surface area contributed by atoms with E-state index in [2.05, 4.69) is 44.3 Å². The monoisotopic (exact) mass is 471 g/mol. The van der Waals surface area contributed by atoms with Crippen molar-refractivity contribution in [2.75, 3.05) is 35.9 Å². The second-order valence-electron chi connectivity index (χ2n) is 9.02. The molecule has 6 nitrogen and oxygen atoms in total. The quantitative estimate of drug-likeness (QED) is 0.575. The molecule has 33 heavy (non-hydrogen) atoms. The molecule has 1 amide bonds. The molecule has 1 fully saturated rings. The molecule has 7 heteroatoms. The summed E-state index contributed by atoms with van der Waals surface area (Å²) in [5.74, 6) is 0.0120. The standard InChI is InChI=1S/C26H37N3O3S/c1-6-12-28(13-11-27-25-10-7-18(2)14-20(25)4)26(31)24-9-8-22(15-19(24)3)29-23(17-30)16-21(5)33(29)32/h7-10,14-15,21,23,27,30H,6,11-13,16-17H2,1-5H3/t21-,23-,33?/m0/s1. The molecule has 1 aliphatic rings. The lowest BCUT2D eigenvalue weighted by atomic mass is 10.1. The Hall–Kier alpha value is -2.38. The number of aliphatic hydroxyl groups excluding tert-OH is 1. The molecular weight excluding hydrogens is 434 g/mol. The van der Waals surface area contributed by atoms with Crippen molar-refractivity contribution in [2.45, 2.75) is 58.8 Å². The van der Waals surface area contributed by atoms with E-state index in [0.717, 1.165) is 23.4 Å². The Morgan fingerprint density at radius 2 is 1.91 bits per heavy atom. The maximum Gasteiger partial charge on any atom is 0.254 e. The number of carbonyl (C=O) groups is 1. The Morgan fingerprint density at radius 1 is 1.15 bits per heavy atom. The molecule has 3 atom stereocenters. The predicted molar refractivity (Wildman–Crippen MR) is 137 cm³/mol. The van der Waals surface area contributed by atoms with Gasteiger partial charge in [0.1, 0.15) is 11.0 Å². The van der Waals surface area contributed by atoms with Gasteiger partial charge in [-0.1, -0.05) is 24.6 Å². The second kappa shape index (κ2) is 11.2. The van der Waals surface area contributed by atoms with Gasteiger partial charge in [0.25, 0.3) is 5.91 Å². The van der Waals surface area contributed by atoms with Crippen LogP contribution in [0, 0.1) is 20.8 Å². The van der Waals surface area contributed by atoms with Gasteiger partial charge in [-0.05, 0) is 75.9 Å². The predicted octanol–water partition coefficient (Wildman–Crippen LogP) is 4.20. The first kappa shape index (κ1) is 25.2. The molecule has 2 aromatic rings. The van der Waals surface area contributed by atoms with Gasteiger partial charge in [-0.25, -0.2) is 4.21 Å². The molecule has 0 spiro atoms. The second-order valence-corrected chi connectivity index (χ2v) is 10.8. The van der Waals surface area contributed by atoms with Gasteiger partial charge in [-0.15, -0.1) is 0 Å². The highest BCUT2D eigenvalue weighted by molar-refractivity contribution is 7.87. The summed E-state index contributed by atoms with van der Waals surface area (Å²) in [6.07, 6.45) is 1.58. The third-order valence-electron chi connectivity index (χ3n) is 6.24. The summed E-state index contributed by atoms with van der Waals surface area (Å²) in [5, 5.41) is 13.2. The topological polar surface area (TPSA) is 72.9 Å². The molecule has 1 heterocycles. The Kier molecular flexibility index (Phi) is 8.54. The SMILES string of the molecule is CCCN(CCNc1ccc(C)cc1C)C(=O)c1ccc(N2[C@H](CO)C[C@H](C)S2=O)cc1C. The van der Waals surface area contributed by atoms with Crippen LogP contribution < -0.4 is 9.62 Å². The lowest BCUT2D eigenvalue weighted by Gasteiger charge is -2.26. The summed E-state index contributed by atoms with van der Waals surface area (Å²) in [4.78, 5) is 15.3. The van der Waals surface area contributed by atoms with Crippen molar-refractivity contribution in [1.82, 2.24) is 4.90 Å². The Labute approximate surface area is 200 Å². The van der Waals surface area contributed by atoms with Crippen molar-refractivity contribution in [3.63, 3.8) is 0 Å². The molecule has 0 radical (unpaired) electrons. The van der Waals surface area contributed by atoms with Crippen molar-refractivity contribution in [1.29, 1.82) is 0 Å². The van der Waals surface area contributed by atoms with Gasteiger partial charge >= 0.3 is 0 Å². The lowest BCUT2D eigenvalue weighted by Crippen LogP contribution is -2.36. The van der Waals surface area contributed by atoms with Crippen LogP contribution in [0.25, 0.3) is 0 Å². The van der Waals surface area contributed by atoms with Gasteiger partial charge in [-0.2, -0.15) is 0 Å². The van der Waals surface area contributed by atoms with E-state index in [1.807, 2.05) is 36.9 Å². The van der Waals surface area contributed by atoms with Crippen LogP contribution in [0.5, 0.6) is 0 Å². The molecule has 0 bridgehead atoms. The van der Waals surface area contributed by atoms with Crippen molar-refractivity contribution in [3.05, 3.63) is 58.7 Å². The molecule has 1 unspecified atom stereocenters. The minimum absolute atomic E-state index is 0.00785. The van der Waals surface area contributed by atoms with Gasteiger partial charge in [0.15, 0.2) is 0 Å². The molecule has 0 saturated carbocycles. The van der Waals surface area contributed by atoms with E-state index in [-0.39, 0.29) is 23.8 Å². The first-order chi connectivity index (χ1) is 15.8. The van der Waals surface area contributed by atoms with Crippen LogP contribution in [0.3, 0.4) is 0 Å². The van der Waals surface area contributed by atoms with Gasteiger partial charge in [0.2, 0.25) is 0 Å². The van der Waals surface area contributed by atoms with Crippen LogP contribution in [0.2, 0.25) is 0 Å². The number of rotatable bonds is 9. The summed E-state index contributed by atoms with van der Waals surface area (Å²) in [6.45, 7) is 12.1. The number of hydrogen-bond acceptors (Lipinski definition) is 4. The van der Waals surface area contributed by atoms with Gasteiger partial charge < -0.3 is 15.3 Å². The summed E-state index contributed by atoms with van der Waals surface area (Å²) in [5.41, 5.74) is 5.84. The van der Waals surface area contributed by atoms with Crippen LogP contribution in [0.4, 0.5) is 11.4 Å². The van der Waals surface area contributed by atoms with Gasteiger partial charge in [-0.3, -0.25) is 9.10 Å². The number of nitrogens with one attached hydrogen (secondary N) is 1. The highest BCUT2D eigenvalue weighted by atomic mass is 32.2. The number of hydrogen-bond donors (Lipinski definition) is 2. The van der Waals surface area contributed by atoms with Gasteiger partial charge in [0, 0.05) is 36.6 Å². The fraction of sp³-hybridized carbons (Fsp3) is 0.500. The highest BCUT2D eigenvalue weighted by Gasteiger charge is 2.36. The summed E-state index contributed by atoms with van der Waals surface area (Å²) in [6, 6.07) is 11.8. The zero-order valence-corrected chi connectivity index (χ0v) is 21.2. The molecular formula is C26H37N3O3S. The van der Waals surface area contributed by atoms with Gasteiger partial charge in [0.05, 0.1) is 17.9 Å². The normalized spacial score (nSPS) is 20.2.